The molecule has 0 radical (unpaired) electrons. The molecule has 0 spiro atoms. The summed E-state index contributed by atoms with van der Waals surface area (Å²) in [6.45, 7) is 7.80. The van der Waals surface area contributed by atoms with Crippen LogP contribution >= 0.6 is 15.9 Å². The number of nitrogens with zero attached hydrogens (tertiary/aromatic N) is 5. The quantitative estimate of drug-likeness (QED) is 0.381. The molecular formula is C25H24BrN5O. The van der Waals surface area contributed by atoms with Gasteiger partial charge < -0.3 is 9.80 Å². The van der Waals surface area contributed by atoms with Crippen molar-refractivity contribution in [3.05, 3.63) is 76.0 Å². The smallest absolute Gasteiger partial charge is 0.155 e. The average Bonchev–Trinajstić information content (AvgIpc) is 3.20. The van der Waals surface area contributed by atoms with Crippen LogP contribution in [0.4, 0.5) is 11.5 Å². The van der Waals surface area contributed by atoms with E-state index in [1.165, 1.54) is 16.8 Å². The highest BCUT2D eigenvalue weighted by Crippen LogP contribution is 2.32. The molecule has 2 aromatic heterocycles. The zero-order valence-corrected chi connectivity index (χ0v) is 19.7. The van der Waals surface area contributed by atoms with Gasteiger partial charge in [-0.3, -0.25) is 4.79 Å². The fourth-order valence-electron chi connectivity index (χ4n) is 4.41. The molecule has 0 amide bonds. The van der Waals surface area contributed by atoms with Gasteiger partial charge in [-0.05, 0) is 43.2 Å². The summed E-state index contributed by atoms with van der Waals surface area (Å²) in [5.41, 5.74) is 6.87. The predicted octanol–water partition coefficient (Wildman–Crippen LogP) is 4.91. The van der Waals surface area contributed by atoms with Gasteiger partial charge in [0.15, 0.2) is 12.1 Å². The van der Waals surface area contributed by atoms with Crippen molar-refractivity contribution in [2.75, 3.05) is 36.0 Å². The van der Waals surface area contributed by atoms with Crippen molar-refractivity contribution in [1.29, 1.82) is 0 Å². The Bertz CT molecular complexity index is 1290. The number of aromatic nitrogens is 3. The number of aldehydes is 1. The third kappa shape index (κ3) is 3.56. The maximum atomic E-state index is 12.2. The normalized spacial score (nSPS) is 14.2. The first-order chi connectivity index (χ1) is 15.6. The molecule has 0 atom stereocenters. The number of aryl methyl sites for hydroxylation is 1. The van der Waals surface area contributed by atoms with Gasteiger partial charge in [0.2, 0.25) is 0 Å². The molecule has 1 aliphatic heterocycles. The maximum absolute atomic E-state index is 12.2. The van der Waals surface area contributed by atoms with Gasteiger partial charge in [-0.2, -0.15) is 5.10 Å². The van der Waals surface area contributed by atoms with Crippen molar-refractivity contribution >= 4 is 39.2 Å². The van der Waals surface area contributed by atoms with Crippen molar-refractivity contribution in [2.45, 2.75) is 13.8 Å². The molecule has 2 aromatic carbocycles. The van der Waals surface area contributed by atoms with E-state index in [2.05, 4.69) is 62.8 Å². The van der Waals surface area contributed by atoms with E-state index in [0.717, 1.165) is 53.8 Å². The molecular weight excluding hydrogens is 466 g/mol. The zero-order valence-electron chi connectivity index (χ0n) is 18.1. The van der Waals surface area contributed by atoms with Gasteiger partial charge in [-0.1, -0.05) is 40.2 Å². The van der Waals surface area contributed by atoms with E-state index in [9.17, 15) is 4.79 Å². The number of fused-ring (bicyclic) bond motifs is 1. The monoisotopic (exact) mass is 489 g/mol. The largest absolute Gasteiger partial charge is 0.368 e. The fourth-order valence-corrected chi connectivity index (χ4v) is 4.67. The summed E-state index contributed by atoms with van der Waals surface area (Å²) in [6.07, 6.45) is 4.46. The van der Waals surface area contributed by atoms with Crippen LogP contribution < -0.4 is 9.80 Å². The molecule has 0 bridgehead atoms. The van der Waals surface area contributed by atoms with Crippen LogP contribution in [0.3, 0.4) is 0 Å². The molecule has 3 heterocycles. The molecule has 32 heavy (non-hydrogen) atoms. The molecule has 162 valence electrons. The highest BCUT2D eigenvalue weighted by atomic mass is 79.9. The van der Waals surface area contributed by atoms with Crippen LogP contribution in [-0.4, -0.2) is 47.1 Å². The number of halogens is 1. The molecule has 7 heteroatoms. The highest BCUT2D eigenvalue weighted by molar-refractivity contribution is 9.10. The van der Waals surface area contributed by atoms with Crippen LogP contribution in [0, 0.1) is 13.8 Å². The van der Waals surface area contributed by atoms with Gasteiger partial charge in [0.25, 0.3) is 0 Å². The second kappa shape index (κ2) is 8.39. The molecule has 0 unspecified atom stereocenters. The fraction of sp³-hybridized carbons (Fsp3) is 0.240. The van der Waals surface area contributed by atoms with Crippen LogP contribution in [0.5, 0.6) is 0 Å². The van der Waals surface area contributed by atoms with Gasteiger partial charge in [0.1, 0.15) is 11.2 Å². The van der Waals surface area contributed by atoms with E-state index in [-0.39, 0.29) is 0 Å². The number of anilines is 2. The maximum Gasteiger partial charge on any atom is 0.155 e. The van der Waals surface area contributed by atoms with Gasteiger partial charge in [0, 0.05) is 54.3 Å². The Kier molecular flexibility index (Phi) is 5.43. The molecule has 5 rings (SSSR count). The van der Waals surface area contributed by atoms with Crippen molar-refractivity contribution < 1.29 is 4.79 Å². The molecule has 4 aromatic rings. The first-order valence-electron chi connectivity index (χ1n) is 10.7. The van der Waals surface area contributed by atoms with Crippen molar-refractivity contribution in [3.8, 4) is 11.3 Å². The molecule has 0 aliphatic carbocycles. The van der Waals surface area contributed by atoms with Crippen LogP contribution in [0.2, 0.25) is 0 Å². The molecule has 1 fully saturated rings. The Labute approximate surface area is 195 Å². The third-order valence-electron chi connectivity index (χ3n) is 6.30. The summed E-state index contributed by atoms with van der Waals surface area (Å²) < 4.78 is 2.77. The van der Waals surface area contributed by atoms with Gasteiger partial charge in [0.05, 0.1) is 5.56 Å². The van der Waals surface area contributed by atoms with Crippen LogP contribution in [-0.2, 0) is 0 Å². The van der Waals surface area contributed by atoms with Crippen LogP contribution in [0.15, 0.2) is 59.3 Å². The van der Waals surface area contributed by atoms with Crippen molar-refractivity contribution in [1.82, 2.24) is 14.6 Å². The molecule has 0 saturated carbocycles. The Morgan fingerprint density at radius 3 is 2.41 bits per heavy atom. The molecule has 6 nitrogen and oxygen atoms in total. The Morgan fingerprint density at radius 2 is 1.69 bits per heavy atom. The minimum atomic E-state index is 0.576. The summed E-state index contributed by atoms with van der Waals surface area (Å²) in [6, 6.07) is 14.3. The number of rotatable bonds is 4. The van der Waals surface area contributed by atoms with E-state index in [0.29, 0.717) is 11.3 Å². The van der Waals surface area contributed by atoms with E-state index < -0.39 is 0 Å². The number of carbonyl (C=O) groups excluding carboxylic acids is 1. The summed E-state index contributed by atoms with van der Waals surface area (Å²) in [5, 5.41) is 4.72. The lowest BCUT2D eigenvalue weighted by Crippen LogP contribution is -2.47. The summed E-state index contributed by atoms with van der Waals surface area (Å²) in [7, 11) is 0. The van der Waals surface area contributed by atoms with Crippen LogP contribution in [0.1, 0.15) is 21.5 Å². The lowest BCUT2D eigenvalue weighted by molar-refractivity contribution is 0.112. The van der Waals surface area contributed by atoms with Gasteiger partial charge >= 0.3 is 0 Å². The zero-order chi connectivity index (χ0) is 22.2. The van der Waals surface area contributed by atoms with E-state index in [1.54, 1.807) is 16.9 Å². The minimum Gasteiger partial charge on any atom is -0.368 e. The van der Waals surface area contributed by atoms with E-state index >= 15 is 0 Å². The number of benzene rings is 2. The van der Waals surface area contributed by atoms with Crippen molar-refractivity contribution in [3.63, 3.8) is 0 Å². The SMILES string of the molecule is Cc1cccc(N2CCN(c3nccn4nc(-c5ccc(Br)cc5)c(C=O)c34)CC2)c1C. The molecule has 1 aliphatic rings. The number of hydrogen-bond acceptors (Lipinski definition) is 5. The third-order valence-corrected chi connectivity index (χ3v) is 6.82. The number of hydrogen-bond donors (Lipinski definition) is 0. The lowest BCUT2D eigenvalue weighted by Gasteiger charge is -2.37. The predicted molar refractivity (Wildman–Crippen MR) is 132 cm³/mol. The van der Waals surface area contributed by atoms with Gasteiger partial charge in [-0.25, -0.2) is 9.50 Å². The minimum absolute atomic E-state index is 0.576. The van der Waals surface area contributed by atoms with E-state index in [4.69, 9.17) is 5.10 Å². The lowest BCUT2D eigenvalue weighted by atomic mass is 10.1. The summed E-state index contributed by atoms with van der Waals surface area (Å²) >= 11 is 3.47. The number of carbonyl (C=O) groups is 1. The second-order valence-corrected chi connectivity index (χ2v) is 9.04. The van der Waals surface area contributed by atoms with E-state index in [1.807, 2.05) is 24.3 Å². The highest BCUT2D eigenvalue weighted by Gasteiger charge is 2.25. The topological polar surface area (TPSA) is 53.7 Å². The Balaban J connectivity index is 1.48. The standard InChI is InChI=1S/C25H24BrN5O/c1-17-4-3-5-22(18(17)2)29-12-14-30(15-13-29)25-24-21(16-32)23(28-31(24)11-10-27-25)19-6-8-20(26)9-7-19/h3-11,16H,12-15H2,1-2H3. The number of piperazine rings is 1. The summed E-state index contributed by atoms with van der Waals surface area (Å²) in [5.74, 6) is 0.811. The Hall–Kier alpha value is -3.19. The van der Waals surface area contributed by atoms with Crippen LogP contribution in [0.25, 0.3) is 16.8 Å². The summed E-state index contributed by atoms with van der Waals surface area (Å²) in [4.78, 5) is 21.5. The average molecular weight is 490 g/mol. The molecule has 0 N–H and O–H groups in total. The second-order valence-electron chi connectivity index (χ2n) is 8.12. The first kappa shape index (κ1) is 20.7. The van der Waals surface area contributed by atoms with Gasteiger partial charge in [-0.15, -0.1) is 0 Å². The Morgan fingerprint density at radius 1 is 0.969 bits per heavy atom. The first-order valence-corrected chi connectivity index (χ1v) is 11.5. The van der Waals surface area contributed by atoms with Crippen molar-refractivity contribution in [2.24, 2.45) is 0 Å². The molecule has 1 saturated heterocycles.